The summed E-state index contributed by atoms with van der Waals surface area (Å²) in [6, 6.07) is 8.49. The molecule has 1 aliphatic rings. The minimum absolute atomic E-state index is 0.787. The van der Waals surface area contributed by atoms with Gasteiger partial charge >= 0.3 is 0 Å². The first-order valence-electron chi connectivity index (χ1n) is 7.04. The predicted molar refractivity (Wildman–Crippen MR) is 83.6 cm³/mol. The summed E-state index contributed by atoms with van der Waals surface area (Å²) in [7, 11) is 2.11. The number of nitriles is 1. The fraction of sp³-hybridized carbons (Fsp3) is 0.562. The summed E-state index contributed by atoms with van der Waals surface area (Å²) in [5.74, 6) is 0.793. The number of nitrogens with zero attached hydrogens (tertiary/aromatic N) is 2. The van der Waals surface area contributed by atoms with Crippen LogP contribution in [0, 0.1) is 17.2 Å². The van der Waals surface area contributed by atoms with Crippen LogP contribution >= 0.6 is 15.9 Å². The van der Waals surface area contributed by atoms with E-state index in [1.165, 1.54) is 32.1 Å². The zero-order valence-corrected chi connectivity index (χ0v) is 13.1. The number of hydrogen-bond donors (Lipinski definition) is 0. The fourth-order valence-corrected chi connectivity index (χ4v) is 3.29. The lowest BCUT2D eigenvalue weighted by atomic mass is 9.89. The monoisotopic (exact) mass is 320 g/mol. The third-order valence-corrected chi connectivity index (χ3v) is 4.65. The Kier molecular flexibility index (Phi) is 5.27. The molecule has 0 bridgehead atoms. The van der Waals surface area contributed by atoms with Crippen molar-refractivity contribution in [3.8, 4) is 6.07 Å². The topological polar surface area (TPSA) is 27.0 Å². The van der Waals surface area contributed by atoms with Gasteiger partial charge in [0.15, 0.2) is 0 Å². The van der Waals surface area contributed by atoms with Crippen LogP contribution in [0.3, 0.4) is 0 Å². The summed E-state index contributed by atoms with van der Waals surface area (Å²) in [6.45, 7) is 1.07. The number of benzene rings is 1. The van der Waals surface area contributed by atoms with E-state index in [2.05, 4.69) is 46.1 Å². The molecule has 1 aromatic carbocycles. The maximum atomic E-state index is 9.30. The highest BCUT2D eigenvalue weighted by molar-refractivity contribution is 9.08. The molecule has 0 aliphatic heterocycles. The zero-order valence-electron chi connectivity index (χ0n) is 11.5. The Bertz CT molecular complexity index is 458. The fourth-order valence-electron chi connectivity index (χ4n) is 2.94. The molecule has 0 atom stereocenters. The first-order chi connectivity index (χ1) is 9.24. The molecule has 0 heterocycles. The molecule has 1 saturated carbocycles. The highest BCUT2D eigenvalue weighted by atomic mass is 79.9. The molecule has 1 fully saturated rings. The number of alkyl halides is 1. The normalized spacial score (nSPS) is 16.1. The van der Waals surface area contributed by atoms with Gasteiger partial charge in [0, 0.05) is 18.9 Å². The van der Waals surface area contributed by atoms with E-state index in [9.17, 15) is 5.26 Å². The van der Waals surface area contributed by atoms with Crippen molar-refractivity contribution in [3.05, 3.63) is 29.3 Å². The van der Waals surface area contributed by atoms with E-state index < -0.39 is 0 Å². The van der Waals surface area contributed by atoms with E-state index in [0.717, 1.165) is 34.6 Å². The van der Waals surface area contributed by atoms with Gasteiger partial charge in [0.2, 0.25) is 0 Å². The second kappa shape index (κ2) is 6.96. The molecule has 1 aromatic rings. The lowest BCUT2D eigenvalue weighted by Crippen LogP contribution is -2.27. The SMILES string of the molecule is CN(CC1CCCCC1)c1ccc(CBr)cc1C#N. The lowest BCUT2D eigenvalue weighted by molar-refractivity contribution is 0.362. The summed E-state index contributed by atoms with van der Waals surface area (Å²) in [4.78, 5) is 2.26. The molecule has 0 N–H and O–H groups in total. The van der Waals surface area contributed by atoms with Gasteiger partial charge in [-0.3, -0.25) is 0 Å². The van der Waals surface area contributed by atoms with Gasteiger partial charge in [-0.1, -0.05) is 41.3 Å². The second-order valence-electron chi connectivity index (χ2n) is 5.48. The molecule has 0 aromatic heterocycles. The number of halogens is 1. The van der Waals surface area contributed by atoms with E-state index in [4.69, 9.17) is 0 Å². The van der Waals surface area contributed by atoms with Crippen LogP contribution in [-0.2, 0) is 5.33 Å². The largest absolute Gasteiger partial charge is 0.373 e. The molecule has 3 heteroatoms. The smallest absolute Gasteiger partial charge is 0.101 e. The van der Waals surface area contributed by atoms with Crippen LogP contribution in [0.4, 0.5) is 5.69 Å². The average molecular weight is 321 g/mol. The number of hydrogen-bond acceptors (Lipinski definition) is 2. The lowest BCUT2D eigenvalue weighted by Gasteiger charge is -2.29. The van der Waals surface area contributed by atoms with E-state index in [0.29, 0.717) is 0 Å². The van der Waals surface area contributed by atoms with Crippen molar-refractivity contribution >= 4 is 21.6 Å². The molecular weight excluding hydrogens is 300 g/mol. The Morgan fingerprint density at radius 2 is 2.05 bits per heavy atom. The third-order valence-electron chi connectivity index (χ3n) is 4.00. The predicted octanol–water partition coefficient (Wildman–Crippen LogP) is 4.47. The van der Waals surface area contributed by atoms with Gasteiger partial charge in [-0.2, -0.15) is 5.26 Å². The summed E-state index contributed by atoms with van der Waals surface area (Å²) >= 11 is 3.44. The number of rotatable bonds is 4. The maximum absolute atomic E-state index is 9.30. The summed E-state index contributed by atoms with van der Waals surface area (Å²) < 4.78 is 0. The van der Waals surface area contributed by atoms with Crippen LogP contribution in [0.25, 0.3) is 0 Å². The highest BCUT2D eigenvalue weighted by Crippen LogP contribution is 2.27. The Morgan fingerprint density at radius 3 is 2.68 bits per heavy atom. The molecule has 19 heavy (non-hydrogen) atoms. The highest BCUT2D eigenvalue weighted by Gasteiger charge is 2.17. The standard InChI is InChI=1S/C16H21BrN2/c1-19(12-13-5-3-2-4-6-13)16-8-7-14(10-17)9-15(16)11-18/h7-9,13H,2-6,10,12H2,1H3. The Hall–Kier alpha value is -1.01. The molecule has 1 aliphatic carbocycles. The molecule has 102 valence electrons. The first-order valence-corrected chi connectivity index (χ1v) is 8.17. The van der Waals surface area contributed by atoms with E-state index in [1.807, 2.05) is 6.07 Å². The van der Waals surface area contributed by atoms with Crippen LogP contribution < -0.4 is 4.90 Å². The van der Waals surface area contributed by atoms with Crippen molar-refractivity contribution in [2.75, 3.05) is 18.5 Å². The van der Waals surface area contributed by atoms with Crippen molar-refractivity contribution in [1.82, 2.24) is 0 Å². The summed E-state index contributed by atoms with van der Waals surface area (Å²) in [5, 5.41) is 10.1. The van der Waals surface area contributed by atoms with Gasteiger partial charge in [0.25, 0.3) is 0 Å². The zero-order chi connectivity index (χ0) is 13.7. The van der Waals surface area contributed by atoms with Gasteiger partial charge in [0.1, 0.15) is 6.07 Å². The van der Waals surface area contributed by atoms with E-state index in [-0.39, 0.29) is 0 Å². The van der Waals surface area contributed by atoms with Crippen LogP contribution in [0.1, 0.15) is 43.2 Å². The van der Waals surface area contributed by atoms with Crippen molar-refractivity contribution in [2.45, 2.75) is 37.4 Å². The molecular formula is C16H21BrN2. The van der Waals surface area contributed by atoms with Gasteiger partial charge in [0.05, 0.1) is 11.3 Å². The molecule has 2 rings (SSSR count). The maximum Gasteiger partial charge on any atom is 0.101 e. The Labute approximate surface area is 124 Å². The Morgan fingerprint density at radius 1 is 1.32 bits per heavy atom. The molecule has 0 spiro atoms. The molecule has 2 nitrogen and oxygen atoms in total. The van der Waals surface area contributed by atoms with Crippen molar-refractivity contribution < 1.29 is 0 Å². The van der Waals surface area contributed by atoms with E-state index in [1.54, 1.807) is 0 Å². The second-order valence-corrected chi connectivity index (χ2v) is 6.04. The van der Waals surface area contributed by atoms with E-state index >= 15 is 0 Å². The van der Waals surface area contributed by atoms with Crippen LogP contribution in [0.2, 0.25) is 0 Å². The van der Waals surface area contributed by atoms with Gasteiger partial charge < -0.3 is 4.90 Å². The van der Waals surface area contributed by atoms with Crippen molar-refractivity contribution in [1.29, 1.82) is 5.26 Å². The molecule has 0 amide bonds. The molecule has 0 radical (unpaired) electrons. The van der Waals surface area contributed by atoms with Crippen LogP contribution in [0.5, 0.6) is 0 Å². The number of anilines is 1. The Balaban J connectivity index is 2.09. The molecule has 0 saturated heterocycles. The molecule has 0 unspecified atom stereocenters. The van der Waals surface area contributed by atoms with Crippen molar-refractivity contribution in [3.63, 3.8) is 0 Å². The van der Waals surface area contributed by atoms with Crippen LogP contribution in [-0.4, -0.2) is 13.6 Å². The first kappa shape index (κ1) is 14.4. The van der Waals surface area contributed by atoms with Crippen molar-refractivity contribution in [2.24, 2.45) is 5.92 Å². The minimum Gasteiger partial charge on any atom is -0.373 e. The minimum atomic E-state index is 0.787. The third kappa shape index (κ3) is 3.73. The summed E-state index contributed by atoms with van der Waals surface area (Å²) in [6.07, 6.45) is 6.80. The van der Waals surface area contributed by atoms with Crippen LogP contribution in [0.15, 0.2) is 18.2 Å². The average Bonchev–Trinajstić information content (AvgIpc) is 2.47. The quantitative estimate of drug-likeness (QED) is 0.765. The van der Waals surface area contributed by atoms with Gasteiger partial charge in [-0.05, 0) is 36.5 Å². The van der Waals surface area contributed by atoms with Gasteiger partial charge in [-0.15, -0.1) is 0 Å². The van der Waals surface area contributed by atoms with Gasteiger partial charge in [-0.25, -0.2) is 0 Å². The summed E-state index contributed by atoms with van der Waals surface area (Å²) in [5.41, 5.74) is 3.01.